The molecule has 1 unspecified atom stereocenters. The van der Waals surface area contributed by atoms with Gasteiger partial charge in [0.1, 0.15) is 12.2 Å². The molecule has 0 spiro atoms. The van der Waals surface area contributed by atoms with Crippen molar-refractivity contribution in [2.45, 2.75) is 19.4 Å². The van der Waals surface area contributed by atoms with E-state index in [4.69, 9.17) is 0 Å². The molecule has 1 atom stereocenters. The Morgan fingerprint density at radius 3 is 3.06 bits per heavy atom. The fourth-order valence-electron chi connectivity index (χ4n) is 1.54. The zero-order valence-electron chi connectivity index (χ0n) is 9.51. The van der Waals surface area contributed by atoms with Crippen LogP contribution in [0.3, 0.4) is 0 Å². The monoisotopic (exact) mass is 220 g/mol. The third-order valence-electron chi connectivity index (χ3n) is 2.50. The highest BCUT2D eigenvalue weighted by atomic mass is 15.2. The maximum atomic E-state index is 4.14. The van der Waals surface area contributed by atoms with Crippen molar-refractivity contribution in [2.24, 2.45) is 7.05 Å². The highest BCUT2D eigenvalue weighted by Crippen LogP contribution is 2.09. The molecule has 86 valence electrons. The predicted octanol–water partition coefficient (Wildman–Crippen LogP) is 0.431. The van der Waals surface area contributed by atoms with Gasteiger partial charge < -0.3 is 5.32 Å². The Bertz CT molecular complexity index is 418. The van der Waals surface area contributed by atoms with Crippen molar-refractivity contribution in [1.82, 2.24) is 30.3 Å². The molecule has 0 bridgehead atoms. The summed E-state index contributed by atoms with van der Waals surface area (Å²) in [5, 5.41) is 14.2. The summed E-state index contributed by atoms with van der Waals surface area (Å²) in [6.45, 7) is 2.99. The minimum absolute atomic E-state index is 0.302. The van der Waals surface area contributed by atoms with Crippen molar-refractivity contribution in [1.29, 1.82) is 0 Å². The SMILES string of the molecule is CC(NCCc1ncn[nH]1)c1cnn(C)c1. The lowest BCUT2D eigenvalue weighted by molar-refractivity contribution is 0.570. The minimum atomic E-state index is 0.302. The molecule has 0 aliphatic heterocycles. The van der Waals surface area contributed by atoms with Crippen LogP contribution in [0.2, 0.25) is 0 Å². The average Bonchev–Trinajstić information content (AvgIpc) is 2.89. The zero-order chi connectivity index (χ0) is 11.4. The molecule has 2 heterocycles. The highest BCUT2D eigenvalue weighted by Gasteiger charge is 2.06. The van der Waals surface area contributed by atoms with E-state index in [2.05, 4.69) is 32.5 Å². The average molecular weight is 220 g/mol. The predicted molar refractivity (Wildman–Crippen MR) is 59.7 cm³/mol. The van der Waals surface area contributed by atoms with Crippen LogP contribution in [0.5, 0.6) is 0 Å². The van der Waals surface area contributed by atoms with Gasteiger partial charge in [-0.25, -0.2) is 4.98 Å². The van der Waals surface area contributed by atoms with Gasteiger partial charge in [-0.15, -0.1) is 0 Å². The Hall–Kier alpha value is -1.69. The Balaban J connectivity index is 1.78. The van der Waals surface area contributed by atoms with E-state index in [1.807, 2.05) is 24.1 Å². The van der Waals surface area contributed by atoms with E-state index in [1.54, 1.807) is 0 Å². The van der Waals surface area contributed by atoms with Crippen LogP contribution in [-0.4, -0.2) is 31.5 Å². The Morgan fingerprint density at radius 1 is 1.56 bits per heavy atom. The molecule has 2 aromatic rings. The van der Waals surface area contributed by atoms with Gasteiger partial charge in [0.05, 0.1) is 6.20 Å². The molecule has 0 aromatic carbocycles. The van der Waals surface area contributed by atoms with Crippen LogP contribution in [0.15, 0.2) is 18.7 Å². The number of aryl methyl sites for hydroxylation is 1. The molecular weight excluding hydrogens is 204 g/mol. The second-order valence-corrected chi connectivity index (χ2v) is 3.81. The van der Waals surface area contributed by atoms with Crippen LogP contribution in [-0.2, 0) is 13.5 Å². The molecule has 0 saturated heterocycles. The lowest BCUT2D eigenvalue weighted by Gasteiger charge is -2.10. The summed E-state index contributed by atoms with van der Waals surface area (Å²) >= 11 is 0. The van der Waals surface area contributed by atoms with Gasteiger partial charge in [-0.2, -0.15) is 10.2 Å². The molecule has 0 radical (unpaired) electrons. The fourth-order valence-corrected chi connectivity index (χ4v) is 1.54. The van der Waals surface area contributed by atoms with Gasteiger partial charge in [0, 0.05) is 37.8 Å². The molecule has 16 heavy (non-hydrogen) atoms. The third-order valence-corrected chi connectivity index (χ3v) is 2.50. The summed E-state index contributed by atoms with van der Waals surface area (Å²) in [5.41, 5.74) is 1.19. The van der Waals surface area contributed by atoms with Crippen molar-refractivity contribution in [2.75, 3.05) is 6.54 Å². The number of hydrogen-bond acceptors (Lipinski definition) is 4. The van der Waals surface area contributed by atoms with Crippen molar-refractivity contribution in [3.8, 4) is 0 Å². The van der Waals surface area contributed by atoms with E-state index < -0.39 is 0 Å². The van der Waals surface area contributed by atoms with Crippen LogP contribution in [0.4, 0.5) is 0 Å². The summed E-state index contributed by atoms with van der Waals surface area (Å²) in [4.78, 5) is 4.07. The number of rotatable bonds is 5. The number of aromatic amines is 1. The molecule has 0 aliphatic rings. The van der Waals surface area contributed by atoms with E-state index in [0.717, 1.165) is 18.8 Å². The first-order chi connectivity index (χ1) is 7.75. The zero-order valence-corrected chi connectivity index (χ0v) is 9.51. The Morgan fingerprint density at radius 2 is 2.44 bits per heavy atom. The van der Waals surface area contributed by atoms with Crippen LogP contribution < -0.4 is 5.32 Å². The van der Waals surface area contributed by atoms with Crippen LogP contribution in [0, 0.1) is 0 Å². The van der Waals surface area contributed by atoms with Gasteiger partial charge in [-0.05, 0) is 6.92 Å². The van der Waals surface area contributed by atoms with Gasteiger partial charge in [-0.3, -0.25) is 9.78 Å². The largest absolute Gasteiger partial charge is 0.310 e. The first kappa shape index (κ1) is 10.8. The lowest BCUT2D eigenvalue weighted by atomic mass is 10.2. The minimum Gasteiger partial charge on any atom is -0.310 e. The van der Waals surface area contributed by atoms with Crippen LogP contribution >= 0.6 is 0 Å². The number of nitrogens with zero attached hydrogens (tertiary/aromatic N) is 4. The van der Waals surface area contributed by atoms with Crippen LogP contribution in [0.1, 0.15) is 24.4 Å². The number of aromatic nitrogens is 5. The second-order valence-electron chi connectivity index (χ2n) is 3.81. The molecule has 6 nitrogen and oxygen atoms in total. The fraction of sp³-hybridized carbons (Fsp3) is 0.500. The Labute approximate surface area is 94.1 Å². The molecule has 0 saturated carbocycles. The second kappa shape index (κ2) is 4.89. The van der Waals surface area contributed by atoms with Crippen molar-refractivity contribution >= 4 is 0 Å². The molecule has 0 fully saturated rings. The smallest absolute Gasteiger partial charge is 0.137 e. The summed E-state index contributed by atoms with van der Waals surface area (Å²) < 4.78 is 1.81. The first-order valence-corrected chi connectivity index (χ1v) is 5.32. The van der Waals surface area contributed by atoms with E-state index in [1.165, 1.54) is 11.9 Å². The third kappa shape index (κ3) is 2.66. The summed E-state index contributed by atoms with van der Waals surface area (Å²) in [6, 6.07) is 0.302. The quantitative estimate of drug-likeness (QED) is 0.766. The molecule has 0 aliphatic carbocycles. The maximum absolute atomic E-state index is 4.14. The highest BCUT2D eigenvalue weighted by molar-refractivity contribution is 5.08. The molecule has 2 aromatic heterocycles. The maximum Gasteiger partial charge on any atom is 0.137 e. The molecular formula is C10H16N6. The van der Waals surface area contributed by atoms with Gasteiger partial charge >= 0.3 is 0 Å². The standard InChI is InChI=1S/C10H16N6/c1-8(9-5-14-16(2)6-9)11-4-3-10-12-7-13-15-10/h5-8,11H,3-4H2,1-2H3,(H,12,13,15). The van der Waals surface area contributed by atoms with Crippen molar-refractivity contribution in [3.63, 3.8) is 0 Å². The number of H-pyrrole nitrogens is 1. The van der Waals surface area contributed by atoms with E-state index in [-0.39, 0.29) is 0 Å². The summed E-state index contributed by atoms with van der Waals surface area (Å²) in [7, 11) is 1.92. The van der Waals surface area contributed by atoms with E-state index in [0.29, 0.717) is 6.04 Å². The topological polar surface area (TPSA) is 71.4 Å². The van der Waals surface area contributed by atoms with Gasteiger partial charge in [0.15, 0.2) is 0 Å². The molecule has 2 rings (SSSR count). The normalized spacial score (nSPS) is 12.9. The lowest BCUT2D eigenvalue weighted by Crippen LogP contribution is -2.21. The van der Waals surface area contributed by atoms with Gasteiger partial charge in [0.25, 0.3) is 0 Å². The van der Waals surface area contributed by atoms with Gasteiger partial charge in [-0.1, -0.05) is 0 Å². The van der Waals surface area contributed by atoms with Gasteiger partial charge in [0.2, 0.25) is 0 Å². The van der Waals surface area contributed by atoms with Crippen molar-refractivity contribution < 1.29 is 0 Å². The Kier molecular flexibility index (Phi) is 3.31. The van der Waals surface area contributed by atoms with Crippen LogP contribution in [0.25, 0.3) is 0 Å². The molecule has 0 amide bonds. The molecule has 6 heteroatoms. The molecule has 2 N–H and O–H groups in total. The van der Waals surface area contributed by atoms with E-state index in [9.17, 15) is 0 Å². The van der Waals surface area contributed by atoms with Crippen molar-refractivity contribution in [3.05, 3.63) is 30.1 Å². The number of hydrogen-bond donors (Lipinski definition) is 2. The number of nitrogens with one attached hydrogen (secondary N) is 2. The van der Waals surface area contributed by atoms with E-state index >= 15 is 0 Å². The first-order valence-electron chi connectivity index (χ1n) is 5.32. The summed E-state index contributed by atoms with van der Waals surface area (Å²) in [6.07, 6.45) is 6.28. The summed E-state index contributed by atoms with van der Waals surface area (Å²) in [5.74, 6) is 0.908.